The van der Waals surface area contributed by atoms with Gasteiger partial charge in [0.1, 0.15) is 11.6 Å². The van der Waals surface area contributed by atoms with Crippen LogP contribution >= 0.6 is 0 Å². The lowest BCUT2D eigenvalue weighted by molar-refractivity contribution is -0.122. The summed E-state index contributed by atoms with van der Waals surface area (Å²) in [5.74, 6) is 0.869. The second kappa shape index (κ2) is 8.87. The Kier molecular flexibility index (Phi) is 6.79. The number of hydrogen-bond acceptors (Lipinski definition) is 4. The van der Waals surface area contributed by atoms with E-state index in [0.717, 1.165) is 33.8 Å². The minimum atomic E-state index is -0.612. The standard InChI is InChI=1S/C24H29N3O/c1-8-18(4)25-13-16(2)11-23(28)24(6,7)22-10-9-20(12-17(22)3)21-14-26-19(5)27-15-21/h8-10,12-15H,2,11H2,1,3-7H3/b18-8-,25-13-. The van der Waals surface area contributed by atoms with Gasteiger partial charge < -0.3 is 0 Å². The molecule has 146 valence electrons. The molecule has 0 radical (unpaired) electrons. The Balaban J connectivity index is 2.22. The van der Waals surface area contributed by atoms with Crippen molar-refractivity contribution in [3.8, 4) is 11.1 Å². The van der Waals surface area contributed by atoms with E-state index < -0.39 is 5.41 Å². The van der Waals surface area contributed by atoms with Gasteiger partial charge in [-0.15, -0.1) is 0 Å². The number of aromatic nitrogens is 2. The highest BCUT2D eigenvalue weighted by Crippen LogP contribution is 2.32. The number of carbonyl (C=O) groups excluding carboxylic acids is 1. The van der Waals surface area contributed by atoms with Crippen molar-refractivity contribution in [1.82, 2.24) is 9.97 Å². The molecule has 1 aromatic heterocycles. The molecule has 0 saturated carbocycles. The summed E-state index contributed by atoms with van der Waals surface area (Å²) in [7, 11) is 0. The molecule has 2 aromatic rings. The largest absolute Gasteiger partial charge is 0.298 e. The van der Waals surface area contributed by atoms with Crippen LogP contribution in [-0.4, -0.2) is 22.0 Å². The molecule has 28 heavy (non-hydrogen) atoms. The first-order valence-corrected chi connectivity index (χ1v) is 9.43. The Bertz CT molecular complexity index is 935. The highest BCUT2D eigenvalue weighted by molar-refractivity contribution is 5.96. The molecule has 0 aliphatic heterocycles. The summed E-state index contributed by atoms with van der Waals surface area (Å²) in [6.07, 6.45) is 7.52. The summed E-state index contributed by atoms with van der Waals surface area (Å²) < 4.78 is 0. The zero-order chi connectivity index (χ0) is 20.9. The number of benzene rings is 1. The summed E-state index contributed by atoms with van der Waals surface area (Å²) in [4.78, 5) is 25.8. The van der Waals surface area contributed by atoms with Crippen LogP contribution in [-0.2, 0) is 10.2 Å². The van der Waals surface area contributed by atoms with Crippen molar-refractivity contribution in [3.05, 3.63) is 71.5 Å². The van der Waals surface area contributed by atoms with Crippen LogP contribution < -0.4 is 0 Å². The average molecular weight is 376 g/mol. The van der Waals surface area contributed by atoms with E-state index in [1.807, 2.05) is 72.1 Å². The van der Waals surface area contributed by atoms with Crippen molar-refractivity contribution in [2.45, 2.75) is 53.4 Å². The SMILES string of the molecule is C=C(/C=N\C(C)=C/C)CC(=O)C(C)(C)c1ccc(-c2cnc(C)nc2)cc1C. The lowest BCUT2D eigenvalue weighted by atomic mass is 9.76. The molecule has 0 N–H and O–H groups in total. The number of ketones is 1. The fourth-order valence-electron chi connectivity index (χ4n) is 2.98. The molecule has 4 nitrogen and oxygen atoms in total. The number of allylic oxidation sites excluding steroid dienone is 3. The third kappa shape index (κ3) is 5.10. The van der Waals surface area contributed by atoms with Crippen LogP contribution in [0, 0.1) is 13.8 Å². The highest BCUT2D eigenvalue weighted by atomic mass is 16.1. The maximum absolute atomic E-state index is 13.0. The van der Waals surface area contributed by atoms with E-state index in [1.165, 1.54) is 0 Å². The molecule has 1 aromatic carbocycles. The monoisotopic (exact) mass is 375 g/mol. The zero-order valence-corrected chi connectivity index (χ0v) is 17.7. The van der Waals surface area contributed by atoms with Crippen molar-refractivity contribution in [3.63, 3.8) is 0 Å². The second-order valence-electron chi connectivity index (χ2n) is 7.62. The van der Waals surface area contributed by atoms with Crippen LogP contribution in [0.3, 0.4) is 0 Å². The third-order valence-electron chi connectivity index (χ3n) is 4.97. The van der Waals surface area contributed by atoms with Gasteiger partial charge in [0.05, 0.1) is 0 Å². The molecule has 0 aliphatic carbocycles. The lowest BCUT2D eigenvalue weighted by Crippen LogP contribution is -2.30. The van der Waals surface area contributed by atoms with Gasteiger partial charge in [-0.2, -0.15) is 0 Å². The van der Waals surface area contributed by atoms with Crippen molar-refractivity contribution in [2.75, 3.05) is 0 Å². The zero-order valence-electron chi connectivity index (χ0n) is 17.7. The Hall–Kier alpha value is -2.88. The summed E-state index contributed by atoms with van der Waals surface area (Å²) in [5, 5.41) is 0. The van der Waals surface area contributed by atoms with Crippen molar-refractivity contribution >= 4 is 12.0 Å². The predicted octanol–water partition coefficient (Wildman–Crippen LogP) is 5.55. The Morgan fingerprint density at radius 3 is 2.39 bits per heavy atom. The number of Topliss-reactive ketones (excluding diaryl/α,β-unsaturated/α-hetero) is 1. The number of hydrogen-bond donors (Lipinski definition) is 0. The fraction of sp³-hybridized carbons (Fsp3) is 0.333. The van der Waals surface area contributed by atoms with E-state index in [9.17, 15) is 4.79 Å². The summed E-state index contributed by atoms with van der Waals surface area (Å²) in [6.45, 7) is 15.7. The number of aryl methyl sites for hydroxylation is 2. The molecular weight excluding hydrogens is 346 g/mol. The summed E-state index contributed by atoms with van der Waals surface area (Å²) in [6, 6.07) is 6.14. The fourth-order valence-corrected chi connectivity index (χ4v) is 2.98. The number of rotatable bonds is 7. The van der Waals surface area contributed by atoms with E-state index in [4.69, 9.17) is 0 Å². The van der Waals surface area contributed by atoms with E-state index in [0.29, 0.717) is 5.57 Å². The van der Waals surface area contributed by atoms with Gasteiger partial charge in [-0.1, -0.05) is 30.9 Å². The minimum absolute atomic E-state index is 0.122. The molecule has 4 heteroatoms. The van der Waals surface area contributed by atoms with Crippen molar-refractivity contribution in [2.24, 2.45) is 4.99 Å². The first-order valence-electron chi connectivity index (χ1n) is 9.43. The van der Waals surface area contributed by atoms with Gasteiger partial charge in [-0.05, 0) is 63.8 Å². The van der Waals surface area contributed by atoms with Crippen LogP contribution in [0.4, 0.5) is 0 Å². The van der Waals surface area contributed by atoms with E-state index >= 15 is 0 Å². The molecule has 0 bridgehead atoms. The summed E-state index contributed by atoms with van der Waals surface area (Å²) in [5.41, 5.74) is 5.10. The Labute approximate surface area is 168 Å². The molecule has 0 saturated heterocycles. The maximum Gasteiger partial charge on any atom is 0.147 e. The Morgan fingerprint density at radius 2 is 1.82 bits per heavy atom. The van der Waals surface area contributed by atoms with Gasteiger partial charge in [-0.25, -0.2) is 9.97 Å². The van der Waals surface area contributed by atoms with Gasteiger partial charge in [-0.3, -0.25) is 9.79 Å². The van der Waals surface area contributed by atoms with Crippen molar-refractivity contribution in [1.29, 1.82) is 0 Å². The average Bonchev–Trinajstić information content (AvgIpc) is 2.66. The van der Waals surface area contributed by atoms with Gasteiger partial charge in [0.15, 0.2) is 0 Å². The highest BCUT2D eigenvalue weighted by Gasteiger charge is 2.31. The molecule has 0 aliphatic rings. The third-order valence-corrected chi connectivity index (χ3v) is 4.97. The van der Waals surface area contributed by atoms with E-state index in [1.54, 1.807) is 6.21 Å². The number of carbonyl (C=O) groups is 1. The van der Waals surface area contributed by atoms with E-state index in [2.05, 4.69) is 27.6 Å². The van der Waals surface area contributed by atoms with Gasteiger partial charge in [0.2, 0.25) is 0 Å². The molecule has 0 amide bonds. The molecule has 0 atom stereocenters. The smallest absolute Gasteiger partial charge is 0.147 e. The van der Waals surface area contributed by atoms with Gasteiger partial charge in [0.25, 0.3) is 0 Å². The molecule has 0 fully saturated rings. The minimum Gasteiger partial charge on any atom is -0.298 e. The van der Waals surface area contributed by atoms with Gasteiger partial charge >= 0.3 is 0 Å². The normalized spacial score (nSPS) is 12.4. The second-order valence-corrected chi connectivity index (χ2v) is 7.62. The van der Waals surface area contributed by atoms with Crippen LogP contribution in [0.1, 0.15) is 51.1 Å². The first-order chi connectivity index (χ1) is 13.1. The van der Waals surface area contributed by atoms with E-state index in [-0.39, 0.29) is 12.2 Å². The quantitative estimate of drug-likeness (QED) is 0.596. The predicted molar refractivity (Wildman–Crippen MR) is 117 cm³/mol. The molecule has 2 rings (SSSR count). The number of nitrogens with zero attached hydrogens (tertiary/aromatic N) is 3. The summed E-state index contributed by atoms with van der Waals surface area (Å²) >= 11 is 0. The van der Waals surface area contributed by atoms with Gasteiger partial charge in [0, 0.05) is 41.7 Å². The van der Waals surface area contributed by atoms with Crippen LogP contribution in [0.2, 0.25) is 0 Å². The topological polar surface area (TPSA) is 55.2 Å². The maximum atomic E-state index is 13.0. The van der Waals surface area contributed by atoms with Crippen LogP contribution in [0.25, 0.3) is 11.1 Å². The molecule has 1 heterocycles. The first kappa shape index (κ1) is 21.4. The molecular formula is C24H29N3O. The molecule has 0 spiro atoms. The lowest BCUT2D eigenvalue weighted by Gasteiger charge is -2.26. The van der Waals surface area contributed by atoms with Crippen LogP contribution in [0.15, 0.2) is 59.5 Å². The van der Waals surface area contributed by atoms with Crippen molar-refractivity contribution < 1.29 is 4.79 Å². The number of aliphatic imine (C=N–C) groups is 1. The molecule has 0 unspecified atom stereocenters. The van der Waals surface area contributed by atoms with Crippen LogP contribution in [0.5, 0.6) is 0 Å². The Morgan fingerprint density at radius 1 is 1.18 bits per heavy atom.